The SMILES string of the molecule is BC1=Cc2cc(CI)ccc2C(C2CCN(S(C)(=O)=O)CC2)c2ncccc21. The van der Waals surface area contributed by atoms with Crippen LogP contribution in [0.4, 0.5) is 0 Å². The fourth-order valence-electron chi connectivity index (χ4n) is 4.59. The van der Waals surface area contributed by atoms with E-state index < -0.39 is 10.0 Å². The van der Waals surface area contributed by atoms with Gasteiger partial charge in [0, 0.05) is 29.6 Å². The monoisotopic (exact) mass is 506 g/mol. The normalized spacial score (nSPS) is 20.8. The molecule has 1 aliphatic heterocycles. The van der Waals surface area contributed by atoms with Crippen LogP contribution >= 0.6 is 22.6 Å². The van der Waals surface area contributed by atoms with Crippen LogP contribution in [0.25, 0.3) is 11.5 Å². The van der Waals surface area contributed by atoms with Gasteiger partial charge in [-0.3, -0.25) is 4.98 Å². The van der Waals surface area contributed by atoms with E-state index in [9.17, 15) is 8.42 Å². The molecule has 0 bridgehead atoms. The summed E-state index contributed by atoms with van der Waals surface area (Å²) in [5.41, 5.74) is 7.52. The molecule has 1 aromatic carbocycles. The van der Waals surface area contributed by atoms with Crippen LogP contribution in [-0.4, -0.2) is 44.9 Å². The zero-order valence-electron chi connectivity index (χ0n) is 16.2. The van der Waals surface area contributed by atoms with Gasteiger partial charge in [0.25, 0.3) is 0 Å². The fraction of sp³-hybridized carbons (Fsp3) is 0.381. The summed E-state index contributed by atoms with van der Waals surface area (Å²) in [5.74, 6) is 0.583. The summed E-state index contributed by atoms with van der Waals surface area (Å²) in [5, 5.41) is 0. The van der Waals surface area contributed by atoms with Crippen molar-refractivity contribution >= 4 is 52.0 Å². The summed E-state index contributed by atoms with van der Waals surface area (Å²) in [6.45, 7) is 1.19. The Balaban J connectivity index is 1.79. The first-order valence-electron chi connectivity index (χ1n) is 9.66. The second kappa shape index (κ2) is 7.92. The largest absolute Gasteiger partial charge is 0.260 e. The Morgan fingerprint density at radius 2 is 2.00 bits per heavy atom. The van der Waals surface area contributed by atoms with Gasteiger partial charge in [0.2, 0.25) is 10.0 Å². The van der Waals surface area contributed by atoms with Crippen LogP contribution < -0.4 is 0 Å². The van der Waals surface area contributed by atoms with E-state index in [1.54, 1.807) is 4.31 Å². The van der Waals surface area contributed by atoms with Crippen LogP contribution in [0.5, 0.6) is 0 Å². The van der Waals surface area contributed by atoms with E-state index in [1.165, 1.54) is 34.0 Å². The van der Waals surface area contributed by atoms with Crippen LogP contribution in [0.2, 0.25) is 0 Å². The first-order chi connectivity index (χ1) is 13.4. The molecule has 0 saturated carbocycles. The lowest BCUT2D eigenvalue weighted by atomic mass is 9.76. The van der Waals surface area contributed by atoms with Crippen LogP contribution in [-0.2, 0) is 14.5 Å². The number of pyridine rings is 1. The first-order valence-corrected chi connectivity index (χ1v) is 13.0. The number of sulfonamides is 1. The Labute approximate surface area is 182 Å². The zero-order chi connectivity index (χ0) is 19.9. The molecule has 1 unspecified atom stereocenters. The van der Waals surface area contributed by atoms with E-state index in [4.69, 9.17) is 4.98 Å². The second-order valence-corrected chi connectivity index (χ2v) is 10.6. The maximum atomic E-state index is 11.9. The number of piperidine rings is 1. The van der Waals surface area contributed by atoms with Gasteiger partial charge in [0.15, 0.2) is 0 Å². The Morgan fingerprint density at radius 3 is 2.68 bits per heavy atom. The number of benzene rings is 1. The molecular weight excluding hydrogens is 482 g/mol. The van der Waals surface area contributed by atoms with Crippen molar-refractivity contribution in [1.29, 1.82) is 0 Å². The number of hydrogen-bond donors (Lipinski definition) is 0. The molecule has 7 heteroatoms. The summed E-state index contributed by atoms with van der Waals surface area (Å²) >= 11 is 2.41. The molecule has 2 heterocycles. The van der Waals surface area contributed by atoms with Gasteiger partial charge >= 0.3 is 0 Å². The molecule has 0 radical (unpaired) electrons. The molecule has 146 valence electrons. The molecule has 1 fully saturated rings. The molecule has 1 atom stereocenters. The van der Waals surface area contributed by atoms with Crippen LogP contribution in [0, 0.1) is 5.92 Å². The highest BCUT2D eigenvalue weighted by Gasteiger charge is 2.35. The van der Waals surface area contributed by atoms with Crippen molar-refractivity contribution in [1.82, 2.24) is 9.29 Å². The molecule has 1 saturated heterocycles. The average molecular weight is 506 g/mol. The van der Waals surface area contributed by atoms with Gasteiger partial charge in [-0.2, -0.15) is 0 Å². The van der Waals surface area contributed by atoms with Crippen molar-refractivity contribution < 1.29 is 8.42 Å². The number of nitrogens with zero attached hydrogens (tertiary/aromatic N) is 2. The van der Waals surface area contributed by atoms with Gasteiger partial charge in [-0.25, -0.2) is 12.7 Å². The van der Waals surface area contributed by atoms with E-state index >= 15 is 0 Å². The molecule has 1 aliphatic carbocycles. The molecule has 0 spiro atoms. The molecule has 2 aromatic rings. The average Bonchev–Trinajstić information content (AvgIpc) is 2.81. The highest BCUT2D eigenvalue weighted by molar-refractivity contribution is 14.1. The van der Waals surface area contributed by atoms with Gasteiger partial charge in [0.1, 0.15) is 7.85 Å². The maximum absolute atomic E-state index is 11.9. The third-order valence-electron chi connectivity index (χ3n) is 6.01. The van der Waals surface area contributed by atoms with Crippen molar-refractivity contribution in [3.63, 3.8) is 0 Å². The number of aromatic nitrogens is 1. The lowest BCUT2D eigenvalue weighted by molar-refractivity contribution is 0.256. The molecular formula is C21H24BIN2O2S. The predicted molar refractivity (Wildman–Crippen MR) is 126 cm³/mol. The minimum absolute atomic E-state index is 0.199. The maximum Gasteiger partial charge on any atom is 0.211 e. The topological polar surface area (TPSA) is 50.3 Å². The molecule has 4 rings (SSSR count). The second-order valence-electron chi connectivity index (χ2n) is 7.84. The van der Waals surface area contributed by atoms with Crippen LogP contribution in [0.15, 0.2) is 36.5 Å². The summed E-state index contributed by atoms with van der Waals surface area (Å²) in [6.07, 6.45) is 7.21. The van der Waals surface area contributed by atoms with E-state index in [2.05, 4.69) is 60.8 Å². The number of fused-ring (bicyclic) bond motifs is 2. The number of halogens is 1. The Morgan fingerprint density at radius 1 is 1.25 bits per heavy atom. The fourth-order valence-corrected chi connectivity index (χ4v) is 5.94. The van der Waals surface area contributed by atoms with Gasteiger partial charge in [-0.1, -0.05) is 58.4 Å². The van der Waals surface area contributed by atoms with Crippen molar-refractivity contribution in [3.8, 4) is 0 Å². The number of alkyl halides is 1. The van der Waals surface area contributed by atoms with Crippen molar-refractivity contribution in [2.45, 2.75) is 23.2 Å². The summed E-state index contributed by atoms with van der Waals surface area (Å²) < 4.78 is 26.5. The molecule has 0 N–H and O–H groups in total. The zero-order valence-corrected chi connectivity index (χ0v) is 19.2. The lowest BCUT2D eigenvalue weighted by Gasteiger charge is -2.35. The Bertz CT molecular complexity index is 1030. The Hall–Kier alpha value is -1.19. The number of hydrogen-bond acceptors (Lipinski definition) is 3. The van der Waals surface area contributed by atoms with E-state index in [1.807, 2.05) is 12.3 Å². The van der Waals surface area contributed by atoms with E-state index in [0.29, 0.717) is 19.0 Å². The molecule has 28 heavy (non-hydrogen) atoms. The van der Waals surface area contributed by atoms with Crippen LogP contribution in [0.3, 0.4) is 0 Å². The smallest absolute Gasteiger partial charge is 0.211 e. The highest BCUT2D eigenvalue weighted by Crippen LogP contribution is 2.44. The van der Waals surface area contributed by atoms with Crippen molar-refractivity contribution in [2.75, 3.05) is 19.3 Å². The quantitative estimate of drug-likeness (QED) is 0.365. The predicted octanol–water partition coefficient (Wildman–Crippen LogP) is 3.26. The first kappa shape index (κ1) is 20.1. The molecule has 1 aromatic heterocycles. The summed E-state index contributed by atoms with van der Waals surface area (Å²) in [4.78, 5) is 4.82. The minimum atomic E-state index is -3.12. The summed E-state index contributed by atoms with van der Waals surface area (Å²) in [6, 6.07) is 11.0. The lowest BCUT2D eigenvalue weighted by Crippen LogP contribution is -2.39. The molecule has 2 aliphatic rings. The third-order valence-corrected chi connectivity index (χ3v) is 8.19. The van der Waals surface area contributed by atoms with E-state index in [0.717, 1.165) is 23.0 Å². The Kier molecular flexibility index (Phi) is 5.68. The number of rotatable bonds is 3. The van der Waals surface area contributed by atoms with Crippen LogP contribution in [0.1, 0.15) is 46.7 Å². The molecule has 4 nitrogen and oxygen atoms in total. The van der Waals surface area contributed by atoms with Crippen molar-refractivity contribution in [2.24, 2.45) is 5.92 Å². The molecule has 0 amide bonds. The minimum Gasteiger partial charge on any atom is -0.260 e. The van der Waals surface area contributed by atoms with Gasteiger partial charge in [-0.05, 0) is 47.1 Å². The van der Waals surface area contributed by atoms with Gasteiger partial charge < -0.3 is 0 Å². The standard InChI is InChI=1S/C21H24BIN2O2S/c1-28(26,27)25-9-6-15(7-10-25)20-17-5-4-14(13-23)11-16(17)12-19(22)18-3-2-8-24-21(18)20/h2-5,8,11-12,15,20H,6-7,9-10,13,22H2,1H3. The summed E-state index contributed by atoms with van der Waals surface area (Å²) in [7, 11) is -0.957. The van der Waals surface area contributed by atoms with E-state index in [-0.39, 0.29) is 5.92 Å². The third kappa shape index (κ3) is 3.81. The van der Waals surface area contributed by atoms with Gasteiger partial charge in [-0.15, -0.1) is 0 Å². The van der Waals surface area contributed by atoms with Crippen molar-refractivity contribution in [3.05, 3.63) is 64.5 Å². The van der Waals surface area contributed by atoms with Gasteiger partial charge in [0.05, 0.1) is 11.9 Å². The highest BCUT2D eigenvalue weighted by atomic mass is 127.